The van der Waals surface area contributed by atoms with Crippen LogP contribution in [-0.2, 0) is 6.18 Å². The normalized spacial score (nSPS) is 13.3. The molecule has 112 valence electrons. The Labute approximate surface area is 118 Å². The Morgan fingerprint density at radius 1 is 0.952 bits per heavy atom. The second-order valence-corrected chi connectivity index (χ2v) is 4.71. The maximum atomic E-state index is 13.7. The smallest absolute Gasteiger partial charge is 0.320 e. The predicted octanol–water partition coefficient (Wildman–Crippen LogP) is 4.34. The average molecular weight is 301 g/mol. The number of hydrogen-bond acceptors (Lipinski definition) is 1. The third kappa shape index (κ3) is 3.21. The first kappa shape index (κ1) is 15.4. The summed E-state index contributed by atoms with van der Waals surface area (Å²) in [6, 6.07) is 4.79. The SMILES string of the molecule is Cc1cc(C(F)(F)F)ccc1C(N)c1cc(F)ccc1F. The summed E-state index contributed by atoms with van der Waals surface area (Å²) >= 11 is 0. The van der Waals surface area contributed by atoms with Gasteiger partial charge in [0, 0.05) is 5.56 Å². The molecule has 2 aromatic rings. The molecule has 1 unspecified atom stereocenters. The Morgan fingerprint density at radius 2 is 1.62 bits per heavy atom. The molecule has 0 aliphatic carbocycles. The van der Waals surface area contributed by atoms with Crippen LogP contribution in [0.3, 0.4) is 0 Å². The Morgan fingerprint density at radius 3 is 2.19 bits per heavy atom. The Bertz CT molecular complexity index is 664. The Hall–Kier alpha value is -1.95. The lowest BCUT2D eigenvalue weighted by molar-refractivity contribution is -0.137. The van der Waals surface area contributed by atoms with Crippen molar-refractivity contribution in [3.63, 3.8) is 0 Å². The monoisotopic (exact) mass is 301 g/mol. The van der Waals surface area contributed by atoms with Crippen molar-refractivity contribution in [3.05, 3.63) is 70.3 Å². The lowest BCUT2D eigenvalue weighted by atomic mass is 9.94. The predicted molar refractivity (Wildman–Crippen MR) is 68.6 cm³/mol. The molecule has 2 aromatic carbocycles. The van der Waals surface area contributed by atoms with Gasteiger partial charge in [-0.2, -0.15) is 13.2 Å². The molecule has 0 saturated carbocycles. The van der Waals surface area contributed by atoms with E-state index in [2.05, 4.69) is 0 Å². The minimum Gasteiger partial charge on any atom is -0.320 e. The van der Waals surface area contributed by atoms with Gasteiger partial charge in [-0.1, -0.05) is 6.07 Å². The van der Waals surface area contributed by atoms with Crippen molar-refractivity contribution in [2.45, 2.75) is 19.1 Å². The molecule has 2 N–H and O–H groups in total. The first-order chi connectivity index (χ1) is 9.70. The van der Waals surface area contributed by atoms with Crippen molar-refractivity contribution in [1.82, 2.24) is 0 Å². The molecule has 0 aliphatic heterocycles. The summed E-state index contributed by atoms with van der Waals surface area (Å²) in [7, 11) is 0. The van der Waals surface area contributed by atoms with Crippen LogP contribution in [0, 0.1) is 18.6 Å². The lowest BCUT2D eigenvalue weighted by Crippen LogP contribution is -2.16. The molecule has 21 heavy (non-hydrogen) atoms. The molecular formula is C15H12F5N. The Balaban J connectivity index is 2.44. The number of rotatable bonds is 2. The summed E-state index contributed by atoms with van der Waals surface area (Å²) in [5, 5.41) is 0. The number of hydrogen-bond donors (Lipinski definition) is 1. The highest BCUT2D eigenvalue weighted by atomic mass is 19.4. The molecule has 0 radical (unpaired) electrons. The summed E-state index contributed by atoms with van der Waals surface area (Å²) < 4.78 is 64.7. The number of alkyl halides is 3. The van der Waals surface area contributed by atoms with Gasteiger partial charge in [-0.25, -0.2) is 8.78 Å². The zero-order valence-electron chi connectivity index (χ0n) is 11.0. The van der Waals surface area contributed by atoms with Crippen molar-refractivity contribution in [2.75, 3.05) is 0 Å². The van der Waals surface area contributed by atoms with Crippen LogP contribution in [0.5, 0.6) is 0 Å². The highest BCUT2D eigenvalue weighted by Crippen LogP contribution is 2.33. The van der Waals surface area contributed by atoms with Gasteiger partial charge in [-0.3, -0.25) is 0 Å². The van der Waals surface area contributed by atoms with E-state index in [1.807, 2.05) is 0 Å². The molecular weight excluding hydrogens is 289 g/mol. The molecule has 0 amide bonds. The summed E-state index contributed by atoms with van der Waals surface area (Å²) in [6.45, 7) is 1.45. The van der Waals surface area contributed by atoms with Gasteiger partial charge >= 0.3 is 6.18 Å². The molecule has 0 fully saturated rings. The van der Waals surface area contributed by atoms with E-state index in [0.717, 1.165) is 30.3 Å². The number of nitrogens with two attached hydrogens (primary N) is 1. The molecule has 0 aliphatic rings. The zero-order chi connectivity index (χ0) is 15.8. The highest BCUT2D eigenvalue weighted by molar-refractivity contribution is 5.40. The quantitative estimate of drug-likeness (QED) is 0.820. The van der Waals surface area contributed by atoms with Crippen LogP contribution < -0.4 is 5.73 Å². The van der Waals surface area contributed by atoms with E-state index in [4.69, 9.17) is 5.73 Å². The van der Waals surface area contributed by atoms with Gasteiger partial charge in [0.2, 0.25) is 0 Å². The fourth-order valence-corrected chi connectivity index (χ4v) is 2.12. The third-order valence-electron chi connectivity index (χ3n) is 3.23. The van der Waals surface area contributed by atoms with Gasteiger partial charge in [-0.05, 0) is 48.4 Å². The standard InChI is InChI=1S/C15H12F5N/c1-8-6-9(15(18,19)20)2-4-11(8)14(21)12-7-10(16)3-5-13(12)17/h2-7,14H,21H2,1H3. The minimum absolute atomic E-state index is 0.0992. The second kappa shape index (κ2) is 5.44. The van der Waals surface area contributed by atoms with Gasteiger partial charge in [-0.15, -0.1) is 0 Å². The van der Waals surface area contributed by atoms with Gasteiger partial charge in [0.1, 0.15) is 11.6 Å². The van der Waals surface area contributed by atoms with Gasteiger partial charge in [0.25, 0.3) is 0 Å². The molecule has 0 heterocycles. The molecule has 6 heteroatoms. The van der Waals surface area contributed by atoms with Crippen molar-refractivity contribution in [3.8, 4) is 0 Å². The van der Waals surface area contributed by atoms with E-state index >= 15 is 0 Å². The molecule has 0 aromatic heterocycles. The molecule has 2 rings (SSSR count). The van der Waals surface area contributed by atoms with Crippen molar-refractivity contribution in [2.24, 2.45) is 5.73 Å². The molecule has 1 nitrogen and oxygen atoms in total. The van der Waals surface area contributed by atoms with E-state index in [1.165, 1.54) is 13.0 Å². The number of halogens is 5. The van der Waals surface area contributed by atoms with Crippen LogP contribution in [0.2, 0.25) is 0 Å². The fourth-order valence-electron chi connectivity index (χ4n) is 2.12. The molecule has 0 spiro atoms. The van der Waals surface area contributed by atoms with Crippen molar-refractivity contribution in [1.29, 1.82) is 0 Å². The summed E-state index contributed by atoms with van der Waals surface area (Å²) in [5.74, 6) is -1.37. The molecule has 1 atom stereocenters. The summed E-state index contributed by atoms with van der Waals surface area (Å²) in [5.41, 5.74) is 5.53. The van der Waals surface area contributed by atoms with Crippen LogP contribution in [-0.4, -0.2) is 0 Å². The van der Waals surface area contributed by atoms with Crippen molar-refractivity contribution >= 4 is 0 Å². The van der Waals surface area contributed by atoms with E-state index in [-0.39, 0.29) is 11.1 Å². The van der Waals surface area contributed by atoms with Gasteiger partial charge in [0.05, 0.1) is 11.6 Å². The van der Waals surface area contributed by atoms with E-state index in [9.17, 15) is 22.0 Å². The minimum atomic E-state index is -4.46. The van der Waals surface area contributed by atoms with E-state index in [1.54, 1.807) is 0 Å². The Kier molecular flexibility index (Phi) is 4.00. The van der Waals surface area contributed by atoms with Gasteiger partial charge < -0.3 is 5.73 Å². The van der Waals surface area contributed by atoms with E-state index < -0.39 is 29.4 Å². The fraction of sp³-hybridized carbons (Fsp3) is 0.200. The van der Waals surface area contributed by atoms with Crippen LogP contribution in [0.4, 0.5) is 22.0 Å². The summed E-state index contributed by atoms with van der Waals surface area (Å²) in [6.07, 6.45) is -4.46. The number of aryl methyl sites for hydroxylation is 1. The van der Waals surface area contributed by atoms with Gasteiger partial charge in [0.15, 0.2) is 0 Å². The van der Waals surface area contributed by atoms with Crippen LogP contribution in [0.1, 0.15) is 28.3 Å². The number of benzene rings is 2. The largest absolute Gasteiger partial charge is 0.416 e. The first-order valence-electron chi connectivity index (χ1n) is 6.08. The van der Waals surface area contributed by atoms with Crippen LogP contribution in [0.25, 0.3) is 0 Å². The van der Waals surface area contributed by atoms with Crippen molar-refractivity contribution < 1.29 is 22.0 Å². The van der Waals surface area contributed by atoms with E-state index in [0.29, 0.717) is 5.56 Å². The molecule has 0 saturated heterocycles. The average Bonchev–Trinajstić information content (AvgIpc) is 2.39. The second-order valence-electron chi connectivity index (χ2n) is 4.71. The third-order valence-corrected chi connectivity index (χ3v) is 3.23. The maximum absolute atomic E-state index is 13.7. The van der Waals surface area contributed by atoms with Crippen LogP contribution >= 0.6 is 0 Å². The van der Waals surface area contributed by atoms with Crippen LogP contribution in [0.15, 0.2) is 36.4 Å². The topological polar surface area (TPSA) is 26.0 Å². The molecule has 0 bridgehead atoms. The lowest BCUT2D eigenvalue weighted by Gasteiger charge is -2.17. The maximum Gasteiger partial charge on any atom is 0.416 e. The first-order valence-corrected chi connectivity index (χ1v) is 6.08. The summed E-state index contributed by atoms with van der Waals surface area (Å²) in [4.78, 5) is 0. The highest BCUT2D eigenvalue weighted by Gasteiger charge is 2.31. The zero-order valence-corrected chi connectivity index (χ0v) is 11.0.